The Morgan fingerprint density at radius 1 is 0.919 bits per heavy atom. The number of nitrogens with one attached hydrogen (secondary N) is 1. The smallest absolute Gasteiger partial charge is 0.252 e. The van der Waals surface area contributed by atoms with E-state index in [1.165, 1.54) is 5.56 Å². The molecule has 2 aromatic heterocycles. The molecule has 0 bridgehead atoms. The minimum Gasteiger partial charge on any atom is -0.494 e. The molecule has 3 aromatic carbocycles. The molecule has 8 nitrogen and oxygen atoms in total. The molecule has 0 atom stereocenters. The second-order valence-electron chi connectivity index (χ2n) is 8.99. The lowest BCUT2D eigenvalue weighted by Gasteiger charge is -2.22. The van der Waals surface area contributed by atoms with E-state index in [1.807, 2.05) is 72.3 Å². The highest BCUT2D eigenvalue weighted by Crippen LogP contribution is 2.20. The van der Waals surface area contributed by atoms with Crippen molar-refractivity contribution in [3.63, 3.8) is 0 Å². The van der Waals surface area contributed by atoms with Crippen molar-refractivity contribution < 1.29 is 4.74 Å². The van der Waals surface area contributed by atoms with Gasteiger partial charge >= 0.3 is 0 Å². The second kappa shape index (κ2) is 11.6. The fraction of sp³-hybridized carbons (Fsp3) is 0.241. The number of rotatable bonds is 11. The number of aromatic amines is 1. The summed E-state index contributed by atoms with van der Waals surface area (Å²) in [6.07, 6.45) is 0.848. The summed E-state index contributed by atoms with van der Waals surface area (Å²) in [7, 11) is 0. The lowest BCUT2D eigenvalue weighted by atomic mass is 10.1. The molecule has 0 aliphatic rings. The van der Waals surface area contributed by atoms with Crippen molar-refractivity contribution in [3.8, 4) is 5.75 Å². The minimum atomic E-state index is -0.0924. The number of fused-ring (bicyclic) bond motifs is 1. The molecule has 1 N–H and O–H groups in total. The van der Waals surface area contributed by atoms with Crippen LogP contribution in [0.4, 0.5) is 0 Å². The van der Waals surface area contributed by atoms with Gasteiger partial charge in [0.25, 0.3) is 5.56 Å². The van der Waals surface area contributed by atoms with E-state index in [4.69, 9.17) is 4.74 Å². The summed E-state index contributed by atoms with van der Waals surface area (Å²) in [5.41, 5.74) is 3.76. The van der Waals surface area contributed by atoms with Gasteiger partial charge in [-0.2, -0.15) is 0 Å². The summed E-state index contributed by atoms with van der Waals surface area (Å²) in [4.78, 5) is 18.3. The number of hydrogen-bond donors (Lipinski definition) is 1. The van der Waals surface area contributed by atoms with Crippen LogP contribution in [0.15, 0.2) is 89.7 Å². The molecule has 0 aliphatic carbocycles. The van der Waals surface area contributed by atoms with Crippen LogP contribution in [-0.4, -0.2) is 43.2 Å². The molecule has 5 rings (SSSR count). The third-order valence-corrected chi connectivity index (χ3v) is 6.30. The molecule has 0 saturated carbocycles. The number of H-pyrrole nitrogens is 1. The number of pyridine rings is 1. The summed E-state index contributed by atoms with van der Waals surface area (Å²) in [6, 6.07) is 28.2. The first-order chi connectivity index (χ1) is 18.2. The topological polar surface area (TPSA) is 88.9 Å². The molecule has 0 aliphatic heterocycles. The fourth-order valence-corrected chi connectivity index (χ4v) is 4.41. The minimum absolute atomic E-state index is 0.0924. The maximum absolute atomic E-state index is 13.0. The zero-order valence-electron chi connectivity index (χ0n) is 20.9. The molecule has 0 radical (unpaired) electrons. The molecule has 0 fully saturated rings. The Morgan fingerprint density at radius 2 is 1.68 bits per heavy atom. The lowest BCUT2D eigenvalue weighted by Crippen LogP contribution is -2.30. The second-order valence-corrected chi connectivity index (χ2v) is 8.99. The number of benzene rings is 3. The SMILES string of the molecule is CCOc1ccc2[nH]c(=O)c(CN(CCc3ccccc3)Cc3nnnn3Cc3ccccc3)cc2c1. The normalized spacial score (nSPS) is 11.3. The molecule has 188 valence electrons. The van der Waals surface area contributed by atoms with Gasteiger partial charge in [-0.05, 0) is 59.2 Å². The van der Waals surface area contributed by atoms with Crippen molar-refractivity contribution in [3.05, 3.63) is 118 Å². The average Bonchev–Trinajstić information content (AvgIpc) is 3.35. The van der Waals surface area contributed by atoms with E-state index in [1.54, 1.807) is 0 Å². The summed E-state index contributed by atoms with van der Waals surface area (Å²) in [6.45, 7) is 4.87. The zero-order valence-corrected chi connectivity index (χ0v) is 20.9. The van der Waals surface area contributed by atoms with Crippen molar-refractivity contribution in [1.82, 2.24) is 30.1 Å². The van der Waals surface area contributed by atoms with Crippen LogP contribution in [0.1, 0.15) is 29.4 Å². The molecule has 0 saturated heterocycles. The summed E-state index contributed by atoms with van der Waals surface area (Å²) in [5.74, 6) is 1.54. The van der Waals surface area contributed by atoms with E-state index >= 15 is 0 Å². The van der Waals surface area contributed by atoms with Crippen LogP contribution in [0.3, 0.4) is 0 Å². The van der Waals surface area contributed by atoms with Crippen LogP contribution in [0.5, 0.6) is 5.75 Å². The molecular formula is C29H30N6O2. The first kappa shape index (κ1) is 24.4. The largest absolute Gasteiger partial charge is 0.494 e. The van der Waals surface area contributed by atoms with Crippen molar-refractivity contribution in [2.45, 2.75) is 33.0 Å². The number of ether oxygens (including phenoxy) is 1. The van der Waals surface area contributed by atoms with E-state index in [0.717, 1.165) is 41.0 Å². The standard InChI is InChI=1S/C29H30N6O2/c1-2-37-26-13-14-27-24(18-26)17-25(29(36)30-27)20-34(16-15-22-9-5-3-6-10-22)21-28-31-32-33-35(28)19-23-11-7-4-8-12-23/h3-14,17-18H,2,15-16,19-21H2,1H3,(H,30,36). The first-order valence-electron chi connectivity index (χ1n) is 12.5. The van der Waals surface area contributed by atoms with Crippen LogP contribution in [0.2, 0.25) is 0 Å². The maximum atomic E-state index is 13.0. The Labute approximate surface area is 215 Å². The molecule has 37 heavy (non-hydrogen) atoms. The monoisotopic (exact) mass is 494 g/mol. The van der Waals surface area contributed by atoms with Gasteiger partial charge in [0.2, 0.25) is 0 Å². The third-order valence-electron chi connectivity index (χ3n) is 6.30. The molecule has 8 heteroatoms. The summed E-state index contributed by atoms with van der Waals surface area (Å²) >= 11 is 0. The van der Waals surface area contributed by atoms with Crippen molar-refractivity contribution in [1.29, 1.82) is 0 Å². The molecule has 2 heterocycles. The van der Waals surface area contributed by atoms with E-state index in [-0.39, 0.29) is 5.56 Å². The van der Waals surface area contributed by atoms with Crippen LogP contribution in [0, 0.1) is 0 Å². The number of nitrogens with zero attached hydrogens (tertiary/aromatic N) is 5. The van der Waals surface area contributed by atoms with E-state index in [0.29, 0.717) is 31.8 Å². The number of hydrogen-bond acceptors (Lipinski definition) is 6. The van der Waals surface area contributed by atoms with Crippen molar-refractivity contribution >= 4 is 10.9 Å². The molecule has 0 amide bonds. The zero-order chi connectivity index (χ0) is 25.5. The average molecular weight is 495 g/mol. The van der Waals surface area contributed by atoms with E-state index < -0.39 is 0 Å². The number of aromatic nitrogens is 5. The van der Waals surface area contributed by atoms with Gasteiger partial charge in [0.1, 0.15) is 5.75 Å². The number of tetrazole rings is 1. The van der Waals surface area contributed by atoms with Crippen molar-refractivity contribution in [2.75, 3.05) is 13.2 Å². The molecule has 0 unspecified atom stereocenters. The fourth-order valence-electron chi connectivity index (χ4n) is 4.41. The highest BCUT2D eigenvalue weighted by Gasteiger charge is 2.16. The quantitative estimate of drug-likeness (QED) is 0.296. The Hall–Kier alpha value is -4.30. The Bertz CT molecular complexity index is 1500. The first-order valence-corrected chi connectivity index (χ1v) is 12.5. The van der Waals surface area contributed by atoms with E-state index in [2.05, 4.69) is 49.7 Å². The van der Waals surface area contributed by atoms with Gasteiger partial charge < -0.3 is 9.72 Å². The Kier molecular flexibility index (Phi) is 7.66. The van der Waals surface area contributed by atoms with Gasteiger partial charge in [-0.1, -0.05) is 60.7 Å². The Balaban J connectivity index is 1.41. The van der Waals surface area contributed by atoms with E-state index in [9.17, 15) is 4.79 Å². The maximum Gasteiger partial charge on any atom is 0.252 e. The highest BCUT2D eigenvalue weighted by molar-refractivity contribution is 5.80. The van der Waals surface area contributed by atoms with Gasteiger partial charge in [-0.25, -0.2) is 4.68 Å². The predicted molar refractivity (Wildman–Crippen MR) is 143 cm³/mol. The van der Waals surface area contributed by atoms with Crippen LogP contribution in [-0.2, 0) is 26.1 Å². The summed E-state index contributed by atoms with van der Waals surface area (Å²) in [5, 5.41) is 13.4. The Morgan fingerprint density at radius 3 is 2.43 bits per heavy atom. The van der Waals surface area contributed by atoms with Crippen LogP contribution in [0.25, 0.3) is 10.9 Å². The molecule has 0 spiro atoms. The lowest BCUT2D eigenvalue weighted by molar-refractivity contribution is 0.248. The highest BCUT2D eigenvalue weighted by atomic mass is 16.5. The van der Waals surface area contributed by atoms with Crippen LogP contribution >= 0.6 is 0 Å². The van der Waals surface area contributed by atoms with Crippen LogP contribution < -0.4 is 10.3 Å². The molecule has 5 aromatic rings. The van der Waals surface area contributed by atoms with Crippen molar-refractivity contribution in [2.24, 2.45) is 0 Å². The predicted octanol–water partition coefficient (Wildman–Crippen LogP) is 4.21. The third kappa shape index (κ3) is 6.29. The van der Waals surface area contributed by atoms with Gasteiger partial charge in [0.15, 0.2) is 5.82 Å². The van der Waals surface area contributed by atoms with Gasteiger partial charge in [0.05, 0.1) is 19.7 Å². The summed E-state index contributed by atoms with van der Waals surface area (Å²) < 4.78 is 7.48. The van der Waals surface area contributed by atoms with Gasteiger partial charge in [-0.3, -0.25) is 9.69 Å². The van der Waals surface area contributed by atoms with Gasteiger partial charge in [0, 0.05) is 29.6 Å². The van der Waals surface area contributed by atoms with Gasteiger partial charge in [-0.15, -0.1) is 5.10 Å². The molecular weight excluding hydrogens is 464 g/mol.